The van der Waals surface area contributed by atoms with Gasteiger partial charge in [0.05, 0.1) is 18.1 Å². The van der Waals surface area contributed by atoms with Crippen molar-refractivity contribution in [1.82, 2.24) is 9.88 Å². The van der Waals surface area contributed by atoms with Crippen molar-refractivity contribution in [3.8, 4) is 0 Å². The van der Waals surface area contributed by atoms with Crippen LogP contribution in [0.3, 0.4) is 0 Å². The average molecular weight is 304 g/mol. The van der Waals surface area contributed by atoms with E-state index in [9.17, 15) is 23.7 Å². The van der Waals surface area contributed by atoms with E-state index >= 15 is 0 Å². The van der Waals surface area contributed by atoms with Crippen molar-refractivity contribution >= 4 is 17.4 Å². The molecule has 0 unspecified atom stereocenters. The molecule has 0 aliphatic carbocycles. The van der Waals surface area contributed by atoms with Gasteiger partial charge in [0.2, 0.25) is 0 Å². The normalized spacial score (nSPS) is 10.5. The van der Waals surface area contributed by atoms with E-state index in [2.05, 4.69) is 10.3 Å². The Bertz CT molecular complexity index is 527. The molecule has 0 saturated carbocycles. The highest BCUT2D eigenvalue weighted by atomic mass is 19.3. The van der Waals surface area contributed by atoms with E-state index in [-0.39, 0.29) is 17.9 Å². The maximum Gasteiger partial charge on any atom is 0.300 e. The molecule has 1 aromatic rings. The molecule has 1 heterocycles. The molecule has 0 radical (unpaired) electrons. The third-order valence-electron chi connectivity index (χ3n) is 2.58. The van der Waals surface area contributed by atoms with Gasteiger partial charge in [0.25, 0.3) is 18.0 Å². The molecule has 0 fully saturated rings. The fraction of sp³-hybridized carbons (Fsp3) is 0.455. The molecule has 0 aromatic carbocycles. The van der Waals surface area contributed by atoms with Crippen molar-refractivity contribution in [3.05, 3.63) is 27.9 Å². The summed E-state index contributed by atoms with van der Waals surface area (Å²) < 4.78 is 24.9. The number of alkyl halides is 2. The Morgan fingerprint density at radius 1 is 1.62 bits per heavy atom. The van der Waals surface area contributed by atoms with Gasteiger partial charge in [0.1, 0.15) is 17.6 Å². The molecule has 0 atom stereocenters. The molecular formula is C11H14F2N4O4. The Morgan fingerprint density at radius 3 is 2.76 bits per heavy atom. The maximum atomic E-state index is 12.5. The molecule has 8 nitrogen and oxygen atoms in total. The van der Waals surface area contributed by atoms with E-state index in [4.69, 9.17) is 5.11 Å². The van der Waals surface area contributed by atoms with Gasteiger partial charge in [0.15, 0.2) is 0 Å². The zero-order valence-electron chi connectivity index (χ0n) is 11.1. The first-order chi connectivity index (χ1) is 9.90. The summed E-state index contributed by atoms with van der Waals surface area (Å²) in [5.74, 6) is -0.778. The summed E-state index contributed by atoms with van der Waals surface area (Å²) in [5.41, 5.74) is -0.954. The molecule has 1 amide bonds. The van der Waals surface area contributed by atoms with E-state index in [1.54, 1.807) is 0 Å². The number of hydrogen-bond acceptors (Lipinski definition) is 6. The van der Waals surface area contributed by atoms with Crippen molar-refractivity contribution in [3.63, 3.8) is 0 Å². The summed E-state index contributed by atoms with van der Waals surface area (Å²) >= 11 is 0. The molecular weight excluding hydrogens is 290 g/mol. The fourth-order valence-corrected chi connectivity index (χ4v) is 1.64. The van der Waals surface area contributed by atoms with Crippen LogP contribution >= 0.6 is 0 Å². The predicted octanol–water partition coefficient (Wildman–Crippen LogP) is 0.731. The summed E-state index contributed by atoms with van der Waals surface area (Å²) in [6, 6.07) is 1.11. The van der Waals surface area contributed by atoms with Gasteiger partial charge in [0, 0.05) is 19.7 Å². The number of hydrogen-bond donors (Lipinski definition) is 2. The summed E-state index contributed by atoms with van der Waals surface area (Å²) in [4.78, 5) is 26.6. The molecule has 1 aromatic heterocycles. The second kappa shape index (κ2) is 7.43. The van der Waals surface area contributed by atoms with Crippen LogP contribution in [0.1, 0.15) is 10.4 Å². The van der Waals surface area contributed by atoms with Crippen molar-refractivity contribution < 1.29 is 23.6 Å². The van der Waals surface area contributed by atoms with Crippen molar-refractivity contribution in [2.75, 3.05) is 32.1 Å². The van der Waals surface area contributed by atoms with Crippen LogP contribution in [0, 0.1) is 10.1 Å². The first-order valence-corrected chi connectivity index (χ1v) is 5.91. The van der Waals surface area contributed by atoms with Crippen LogP contribution in [0.4, 0.5) is 20.3 Å². The average Bonchev–Trinajstić information content (AvgIpc) is 2.44. The van der Waals surface area contributed by atoms with Gasteiger partial charge in [-0.25, -0.2) is 13.8 Å². The number of pyridine rings is 1. The Morgan fingerprint density at radius 2 is 2.29 bits per heavy atom. The summed E-state index contributed by atoms with van der Waals surface area (Å²) in [6.45, 7) is -1.80. The summed E-state index contributed by atoms with van der Waals surface area (Å²) in [5, 5.41) is 22.3. The number of rotatable bonds is 7. The zero-order chi connectivity index (χ0) is 16.0. The molecule has 10 heteroatoms. The highest BCUT2D eigenvalue weighted by Gasteiger charge is 2.27. The largest absolute Gasteiger partial charge is 0.395 e. The van der Waals surface area contributed by atoms with E-state index < -0.39 is 36.1 Å². The monoisotopic (exact) mass is 304 g/mol. The molecule has 0 bridgehead atoms. The van der Waals surface area contributed by atoms with Gasteiger partial charge < -0.3 is 15.3 Å². The number of amides is 1. The molecule has 0 saturated heterocycles. The number of anilines is 1. The van der Waals surface area contributed by atoms with E-state index in [1.165, 1.54) is 7.05 Å². The van der Waals surface area contributed by atoms with Crippen LogP contribution in [0.15, 0.2) is 12.3 Å². The SMILES string of the molecule is CNc1cc(C(=O)N(CCO)CC(F)F)c([N+](=O)[O-])cn1. The quantitative estimate of drug-likeness (QED) is 0.568. The molecule has 21 heavy (non-hydrogen) atoms. The van der Waals surface area contributed by atoms with Gasteiger partial charge in [-0.2, -0.15) is 0 Å². The van der Waals surface area contributed by atoms with Gasteiger partial charge in [-0.05, 0) is 0 Å². The first-order valence-electron chi connectivity index (χ1n) is 5.91. The maximum absolute atomic E-state index is 12.5. The Labute approximate surface area is 118 Å². The lowest BCUT2D eigenvalue weighted by atomic mass is 10.2. The van der Waals surface area contributed by atoms with Crippen LogP contribution in [0.2, 0.25) is 0 Å². The number of aliphatic hydroxyl groups excluding tert-OH is 1. The standard InChI is InChI=1S/C11H14F2N4O4/c1-14-10-4-7(8(5-15-10)17(20)21)11(19)16(2-3-18)6-9(12)13/h4-5,9,18H,2-3,6H2,1H3,(H,14,15). The van der Waals surface area contributed by atoms with Gasteiger partial charge in [-0.3, -0.25) is 14.9 Å². The van der Waals surface area contributed by atoms with Crippen molar-refractivity contribution in [2.45, 2.75) is 6.43 Å². The predicted molar refractivity (Wildman–Crippen MR) is 69.4 cm³/mol. The molecule has 0 aliphatic heterocycles. The smallest absolute Gasteiger partial charge is 0.300 e. The highest BCUT2D eigenvalue weighted by molar-refractivity contribution is 5.98. The molecule has 0 spiro atoms. The van der Waals surface area contributed by atoms with E-state index in [0.29, 0.717) is 4.90 Å². The Hall–Kier alpha value is -2.36. The van der Waals surface area contributed by atoms with Crippen LogP contribution in [-0.4, -0.2) is 59.0 Å². The van der Waals surface area contributed by atoms with Gasteiger partial charge in [-0.1, -0.05) is 0 Å². The second-order valence-electron chi connectivity index (χ2n) is 3.96. The van der Waals surface area contributed by atoms with Crippen molar-refractivity contribution in [2.24, 2.45) is 0 Å². The van der Waals surface area contributed by atoms with Crippen LogP contribution in [0.5, 0.6) is 0 Å². The van der Waals surface area contributed by atoms with Gasteiger partial charge in [-0.15, -0.1) is 0 Å². The van der Waals surface area contributed by atoms with E-state index in [1.807, 2.05) is 0 Å². The van der Waals surface area contributed by atoms with Crippen LogP contribution < -0.4 is 5.32 Å². The zero-order valence-corrected chi connectivity index (χ0v) is 11.1. The molecule has 116 valence electrons. The third kappa shape index (κ3) is 4.31. The minimum atomic E-state index is -2.81. The molecule has 0 aliphatic rings. The van der Waals surface area contributed by atoms with E-state index in [0.717, 1.165) is 12.3 Å². The summed E-state index contributed by atoms with van der Waals surface area (Å²) in [7, 11) is 1.49. The Balaban J connectivity index is 3.20. The minimum Gasteiger partial charge on any atom is -0.395 e. The minimum absolute atomic E-state index is 0.185. The number of aromatic nitrogens is 1. The number of nitrogens with one attached hydrogen (secondary N) is 1. The molecule has 2 N–H and O–H groups in total. The Kier molecular flexibility index (Phi) is 5.91. The number of carbonyl (C=O) groups is 1. The number of halogens is 2. The summed E-state index contributed by atoms with van der Waals surface area (Å²) in [6.07, 6.45) is -1.94. The first kappa shape index (κ1) is 16.7. The number of carbonyl (C=O) groups excluding carboxylic acids is 1. The third-order valence-corrected chi connectivity index (χ3v) is 2.58. The van der Waals surface area contributed by atoms with Crippen molar-refractivity contribution in [1.29, 1.82) is 0 Å². The van der Waals surface area contributed by atoms with Crippen LogP contribution in [-0.2, 0) is 0 Å². The highest BCUT2D eigenvalue weighted by Crippen LogP contribution is 2.22. The lowest BCUT2D eigenvalue weighted by molar-refractivity contribution is -0.385. The molecule has 1 rings (SSSR count). The topological polar surface area (TPSA) is 109 Å². The lowest BCUT2D eigenvalue weighted by Gasteiger charge is -2.21. The number of nitrogens with zero attached hydrogens (tertiary/aromatic N) is 3. The number of aliphatic hydroxyl groups is 1. The van der Waals surface area contributed by atoms with Gasteiger partial charge >= 0.3 is 0 Å². The van der Waals surface area contributed by atoms with Crippen LogP contribution in [0.25, 0.3) is 0 Å². The lowest BCUT2D eigenvalue weighted by Crippen LogP contribution is -2.37. The number of nitro groups is 1. The fourth-order valence-electron chi connectivity index (χ4n) is 1.64. The second-order valence-corrected chi connectivity index (χ2v) is 3.96.